The minimum Gasteiger partial charge on any atom is -0.379 e. The molecule has 1 aromatic rings. The van der Waals surface area contributed by atoms with Gasteiger partial charge in [-0.3, -0.25) is 0 Å². The van der Waals surface area contributed by atoms with Crippen molar-refractivity contribution >= 4 is 0 Å². The van der Waals surface area contributed by atoms with Crippen molar-refractivity contribution in [1.29, 1.82) is 0 Å². The summed E-state index contributed by atoms with van der Waals surface area (Å²) in [5, 5.41) is 0. The summed E-state index contributed by atoms with van der Waals surface area (Å²) < 4.78 is 37.6. The van der Waals surface area contributed by atoms with Gasteiger partial charge in [-0.25, -0.2) is 8.78 Å². The van der Waals surface area contributed by atoms with Crippen LogP contribution in [0.3, 0.4) is 0 Å². The molecule has 0 spiro atoms. The van der Waals surface area contributed by atoms with Crippen LogP contribution in [0, 0.1) is 5.41 Å². The van der Waals surface area contributed by atoms with Gasteiger partial charge in [-0.15, -0.1) is 0 Å². The van der Waals surface area contributed by atoms with Crippen molar-refractivity contribution in [3.05, 3.63) is 35.9 Å². The molecule has 34 heavy (non-hydrogen) atoms. The molecule has 0 bridgehead atoms. The summed E-state index contributed by atoms with van der Waals surface area (Å²) >= 11 is 0. The maximum absolute atomic E-state index is 12.7. The molecule has 0 aliphatic heterocycles. The summed E-state index contributed by atoms with van der Waals surface area (Å²) in [5.74, 6) is -2.49. The number of hydrogen-bond donors (Lipinski definition) is 0. The van der Waals surface area contributed by atoms with Crippen LogP contribution in [0.4, 0.5) is 8.78 Å². The number of hydrogen-bond acceptors (Lipinski definition) is 2. The van der Waals surface area contributed by atoms with Gasteiger partial charge in [0.15, 0.2) is 0 Å². The van der Waals surface area contributed by atoms with E-state index < -0.39 is 5.92 Å². The molecule has 0 heterocycles. The third-order valence-corrected chi connectivity index (χ3v) is 6.13. The van der Waals surface area contributed by atoms with E-state index in [-0.39, 0.29) is 17.9 Å². The van der Waals surface area contributed by atoms with Gasteiger partial charge in [0.2, 0.25) is 5.92 Å². The van der Waals surface area contributed by atoms with Crippen LogP contribution < -0.4 is 0 Å². The van der Waals surface area contributed by atoms with Crippen LogP contribution in [0.5, 0.6) is 0 Å². The average molecular weight is 483 g/mol. The SMILES string of the molecule is CC(C)(C)CC(COCCCCCCCCCCCCCCC(C)(F)F)OCc1ccccc1. The third-order valence-electron chi connectivity index (χ3n) is 6.13. The number of alkyl halides is 2. The lowest BCUT2D eigenvalue weighted by atomic mass is 9.89. The molecule has 2 nitrogen and oxygen atoms in total. The van der Waals surface area contributed by atoms with E-state index in [2.05, 4.69) is 45.0 Å². The summed E-state index contributed by atoms with van der Waals surface area (Å²) in [4.78, 5) is 0. The van der Waals surface area contributed by atoms with Gasteiger partial charge in [0.05, 0.1) is 19.3 Å². The quantitative estimate of drug-likeness (QED) is 0.162. The molecule has 0 saturated carbocycles. The normalized spacial score (nSPS) is 13.4. The predicted molar refractivity (Wildman–Crippen MR) is 141 cm³/mol. The lowest BCUT2D eigenvalue weighted by Crippen LogP contribution is -2.26. The summed E-state index contributed by atoms with van der Waals surface area (Å²) in [7, 11) is 0. The van der Waals surface area contributed by atoms with Crippen molar-refractivity contribution in [3.63, 3.8) is 0 Å². The molecule has 0 amide bonds. The van der Waals surface area contributed by atoms with Gasteiger partial charge in [0, 0.05) is 13.0 Å². The van der Waals surface area contributed by atoms with E-state index in [1.807, 2.05) is 6.07 Å². The van der Waals surface area contributed by atoms with Crippen LogP contribution in [-0.4, -0.2) is 25.2 Å². The van der Waals surface area contributed by atoms with Crippen LogP contribution in [-0.2, 0) is 16.1 Å². The molecule has 1 unspecified atom stereocenters. The second kappa shape index (κ2) is 18.3. The highest BCUT2D eigenvalue weighted by molar-refractivity contribution is 5.13. The highest BCUT2D eigenvalue weighted by atomic mass is 19.3. The Labute approximate surface area is 209 Å². The van der Waals surface area contributed by atoms with Crippen molar-refractivity contribution in [2.75, 3.05) is 13.2 Å². The second-order valence-electron chi connectivity index (χ2n) is 11.3. The lowest BCUT2D eigenvalue weighted by molar-refractivity contribution is -0.0430. The Morgan fingerprint density at radius 3 is 1.71 bits per heavy atom. The number of rotatable bonds is 21. The monoisotopic (exact) mass is 482 g/mol. The van der Waals surface area contributed by atoms with Gasteiger partial charge in [0.1, 0.15) is 0 Å². The number of unbranched alkanes of at least 4 members (excludes halogenated alkanes) is 11. The van der Waals surface area contributed by atoms with Crippen LogP contribution in [0.2, 0.25) is 0 Å². The first-order valence-corrected chi connectivity index (χ1v) is 13.8. The lowest BCUT2D eigenvalue weighted by Gasteiger charge is -2.26. The largest absolute Gasteiger partial charge is 0.379 e. The van der Waals surface area contributed by atoms with E-state index in [1.54, 1.807) is 0 Å². The first kappa shape index (κ1) is 31.0. The van der Waals surface area contributed by atoms with Gasteiger partial charge in [0.25, 0.3) is 0 Å². The zero-order chi connectivity index (χ0) is 25.1. The highest BCUT2D eigenvalue weighted by Gasteiger charge is 2.20. The molecular formula is C30H52F2O2. The van der Waals surface area contributed by atoms with Crippen molar-refractivity contribution in [2.24, 2.45) is 5.41 Å². The molecule has 0 aliphatic rings. The Hall–Kier alpha value is -1.00. The van der Waals surface area contributed by atoms with Gasteiger partial charge in [-0.2, -0.15) is 0 Å². The minimum atomic E-state index is -2.49. The van der Waals surface area contributed by atoms with Gasteiger partial charge < -0.3 is 9.47 Å². The number of benzene rings is 1. The molecule has 198 valence electrons. The van der Waals surface area contributed by atoms with E-state index in [0.717, 1.165) is 39.2 Å². The average Bonchev–Trinajstić information content (AvgIpc) is 2.76. The number of ether oxygens (including phenoxy) is 2. The molecule has 0 saturated heterocycles. The summed E-state index contributed by atoms with van der Waals surface area (Å²) in [6.45, 7) is 9.91. The molecule has 0 N–H and O–H groups in total. The Morgan fingerprint density at radius 1 is 0.706 bits per heavy atom. The fourth-order valence-corrected chi connectivity index (χ4v) is 4.26. The van der Waals surface area contributed by atoms with E-state index in [4.69, 9.17) is 9.47 Å². The molecule has 0 fully saturated rings. The van der Waals surface area contributed by atoms with Crippen molar-refractivity contribution in [3.8, 4) is 0 Å². The minimum absolute atomic E-state index is 0.0393. The molecule has 1 aromatic carbocycles. The fraction of sp³-hybridized carbons (Fsp3) is 0.800. The summed E-state index contributed by atoms with van der Waals surface area (Å²) in [6.07, 6.45) is 15.1. The van der Waals surface area contributed by atoms with E-state index in [9.17, 15) is 8.78 Å². The van der Waals surface area contributed by atoms with Gasteiger partial charge in [-0.05, 0) is 37.2 Å². The standard InChI is InChI=1S/C30H52F2O2/c1-29(2,3)24-28(34-25-27-20-16-15-17-21-27)26-33-23-19-14-12-10-8-6-5-7-9-11-13-18-22-30(4,31)32/h15-17,20-21,28H,5-14,18-19,22-26H2,1-4H3. The molecule has 1 rings (SSSR count). The Bertz CT molecular complexity index is 578. The van der Waals surface area contributed by atoms with Crippen molar-refractivity contribution in [2.45, 2.75) is 136 Å². The molecule has 0 aliphatic carbocycles. The second-order valence-corrected chi connectivity index (χ2v) is 11.3. The van der Waals surface area contributed by atoms with Crippen molar-refractivity contribution < 1.29 is 18.3 Å². The fourth-order valence-electron chi connectivity index (χ4n) is 4.26. The molecule has 0 aromatic heterocycles. The topological polar surface area (TPSA) is 18.5 Å². The Kier molecular flexibility index (Phi) is 16.7. The van der Waals surface area contributed by atoms with Crippen LogP contribution in [0.25, 0.3) is 0 Å². The molecule has 4 heteroatoms. The maximum Gasteiger partial charge on any atom is 0.245 e. The molecule has 0 radical (unpaired) electrons. The smallest absolute Gasteiger partial charge is 0.245 e. The van der Waals surface area contributed by atoms with Crippen LogP contribution in [0.1, 0.15) is 123 Å². The first-order valence-electron chi connectivity index (χ1n) is 13.8. The molecule has 1 atom stereocenters. The van der Waals surface area contributed by atoms with Crippen LogP contribution >= 0.6 is 0 Å². The Balaban J connectivity index is 1.95. The van der Waals surface area contributed by atoms with Crippen LogP contribution in [0.15, 0.2) is 30.3 Å². The van der Waals surface area contributed by atoms with Crippen molar-refractivity contribution in [1.82, 2.24) is 0 Å². The third kappa shape index (κ3) is 20.4. The van der Waals surface area contributed by atoms with Gasteiger partial charge >= 0.3 is 0 Å². The number of halogens is 2. The molecular weight excluding hydrogens is 430 g/mol. The predicted octanol–water partition coefficient (Wildman–Crippen LogP) is 9.75. The van der Waals surface area contributed by atoms with Gasteiger partial charge in [-0.1, -0.05) is 115 Å². The first-order chi connectivity index (χ1) is 16.2. The summed E-state index contributed by atoms with van der Waals surface area (Å²) in [5.41, 5.74) is 1.43. The van der Waals surface area contributed by atoms with E-state index >= 15 is 0 Å². The summed E-state index contributed by atoms with van der Waals surface area (Å²) in [6, 6.07) is 10.4. The highest BCUT2D eigenvalue weighted by Crippen LogP contribution is 2.24. The van der Waals surface area contributed by atoms with E-state index in [0.29, 0.717) is 19.6 Å². The van der Waals surface area contributed by atoms with E-state index in [1.165, 1.54) is 56.9 Å². The zero-order valence-corrected chi connectivity index (χ0v) is 22.6. The maximum atomic E-state index is 12.7. The Morgan fingerprint density at radius 2 is 1.21 bits per heavy atom. The zero-order valence-electron chi connectivity index (χ0n) is 22.6.